The first-order valence-electron chi connectivity index (χ1n) is 5.51. The molecule has 0 saturated heterocycles. The van der Waals surface area contributed by atoms with Gasteiger partial charge in [-0.1, -0.05) is 0 Å². The van der Waals surface area contributed by atoms with Gasteiger partial charge < -0.3 is 0 Å². The molecule has 0 spiro atoms. The van der Waals surface area contributed by atoms with Crippen LogP contribution in [0.3, 0.4) is 0 Å². The van der Waals surface area contributed by atoms with E-state index in [0.29, 0.717) is 0 Å². The summed E-state index contributed by atoms with van der Waals surface area (Å²) in [4.78, 5) is 0. The number of benzene rings is 1. The van der Waals surface area contributed by atoms with Crippen LogP contribution in [0.2, 0.25) is 0 Å². The largest absolute Gasteiger partial charge is 0.147 e. The molecule has 0 N–H and O–H groups in total. The van der Waals surface area contributed by atoms with Gasteiger partial charge in [-0.25, -0.2) is 0 Å². The molecule has 0 bridgehead atoms. The second-order valence-electron chi connectivity index (χ2n) is 3.97. The maximum atomic E-state index is 2.42. The SMILES string of the molecule is CCCC1=[C]([Hf])CC(c2ccccc2)=C1.Cl.Cl. The average Bonchev–Trinajstić information content (AvgIpc) is 2.63. The van der Waals surface area contributed by atoms with Gasteiger partial charge in [-0.15, -0.1) is 24.8 Å². The van der Waals surface area contributed by atoms with E-state index in [9.17, 15) is 0 Å². The summed E-state index contributed by atoms with van der Waals surface area (Å²) in [5.41, 5.74) is 4.53. The summed E-state index contributed by atoms with van der Waals surface area (Å²) in [6, 6.07) is 10.8. The first kappa shape index (κ1) is 17.2. The Morgan fingerprint density at radius 2 is 1.76 bits per heavy atom. The third-order valence-corrected chi connectivity index (χ3v) is 4.56. The van der Waals surface area contributed by atoms with Crippen LogP contribution in [-0.2, 0) is 24.4 Å². The summed E-state index contributed by atoms with van der Waals surface area (Å²) in [6.45, 7) is 2.26. The Labute approximate surface area is 131 Å². The summed E-state index contributed by atoms with van der Waals surface area (Å²) in [7, 11) is 0. The minimum absolute atomic E-state index is 0. The fourth-order valence-corrected chi connectivity index (χ4v) is 3.38. The molecule has 0 nitrogen and oxygen atoms in total. The maximum Gasteiger partial charge on any atom is -0.147 e. The van der Waals surface area contributed by atoms with Crippen molar-refractivity contribution in [3.05, 3.63) is 50.9 Å². The van der Waals surface area contributed by atoms with E-state index < -0.39 is 0 Å². The van der Waals surface area contributed by atoms with Gasteiger partial charge in [0.1, 0.15) is 0 Å². The van der Waals surface area contributed by atoms with E-state index in [1.807, 2.05) is 0 Å². The van der Waals surface area contributed by atoms with Crippen molar-refractivity contribution in [2.75, 3.05) is 0 Å². The third kappa shape index (κ3) is 4.39. The summed E-state index contributed by atoms with van der Waals surface area (Å²) < 4.78 is 1.69. The van der Waals surface area contributed by atoms with Gasteiger partial charge in [0.15, 0.2) is 0 Å². The molecule has 1 aliphatic carbocycles. The zero-order valence-electron chi connectivity index (χ0n) is 9.90. The molecule has 0 amide bonds. The number of allylic oxidation sites excluding steroid dienone is 4. The first-order chi connectivity index (χ1) is 7.31. The second kappa shape index (κ2) is 8.29. The van der Waals surface area contributed by atoms with Gasteiger partial charge in [0.2, 0.25) is 0 Å². The molecule has 17 heavy (non-hydrogen) atoms. The topological polar surface area (TPSA) is 0 Å². The molecule has 0 saturated carbocycles. The Morgan fingerprint density at radius 3 is 2.35 bits per heavy atom. The van der Waals surface area contributed by atoms with Crippen molar-refractivity contribution >= 4 is 30.4 Å². The molecule has 1 aromatic carbocycles. The monoisotopic (exact) mass is 435 g/mol. The normalized spacial score (nSPS) is 13.8. The Kier molecular flexibility index (Phi) is 8.36. The van der Waals surface area contributed by atoms with Crippen LogP contribution in [0, 0.1) is 0 Å². The van der Waals surface area contributed by atoms with E-state index in [4.69, 9.17) is 0 Å². The van der Waals surface area contributed by atoms with Gasteiger partial charge >= 0.3 is 107 Å². The molecule has 1 aromatic rings. The molecule has 3 heteroatoms. The van der Waals surface area contributed by atoms with Crippen LogP contribution >= 0.6 is 24.8 Å². The van der Waals surface area contributed by atoms with Crippen LogP contribution in [0.25, 0.3) is 5.57 Å². The van der Waals surface area contributed by atoms with Crippen molar-refractivity contribution in [1.29, 1.82) is 0 Å². The van der Waals surface area contributed by atoms with Crippen LogP contribution in [0.5, 0.6) is 0 Å². The van der Waals surface area contributed by atoms with E-state index in [1.165, 1.54) is 54.8 Å². The molecule has 1 aliphatic rings. The molecular formula is C14H17Cl2Hf. The predicted molar refractivity (Wildman–Crippen MR) is 75.5 cm³/mol. The standard InChI is InChI=1S/C14H15.2ClH.Hf/c1-2-6-12-9-10-14(11-12)13-7-4-3-5-8-13;;;/h3-5,7-8,11H,2,6,10H2,1H3;2*1H;. The van der Waals surface area contributed by atoms with Gasteiger partial charge in [-0.3, -0.25) is 0 Å². The van der Waals surface area contributed by atoms with Gasteiger partial charge in [-0.05, 0) is 0 Å². The second-order valence-corrected chi connectivity index (χ2v) is 6.13. The summed E-state index contributed by atoms with van der Waals surface area (Å²) >= 11 is 1.22. The van der Waals surface area contributed by atoms with E-state index >= 15 is 0 Å². The Morgan fingerprint density at radius 1 is 1.12 bits per heavy atom. The molecular weight excluding hydrogens is 418 g/mol. The molecule has 0 fully saturated rings. The fourth-order valence-electron chi connectivity index (χ4n) is 1.98. The first-order valence-corrected chi connectivity index (χ1v) is 7.30. The van der Waals surface area contributed by atoms with Crippen molar-refractivity contribution in [3.8, 4) is 0 Å². The van der Waals surface area contributed by atoms with E-state index in [1.54, 1.807) is 8.90 Å². The molecule has 0 heterocycles. The molecule has 91 valence electrons. The smallest absolute Gasteiger partial charge is 0.147 e. The predicted octanol–water partition coefficient (Wildman–Crippen LogP) is 4.92. The van der Waals surface area contributed by atoms with Gasteiger partial charge in [0, 0.05) is 0 Å². The zero-order valence-corrected chi connectivity index (χ0v) is 15.1. The molecule has 0 aromatic heterocycles. The minimum atomic E-state index is 0. The van der Waals surface area contributed by atoms with E-state index in [-0.39, 0.29) is 24.8 Å². The van der Waals surface area contributed by atoms with Crippen LogP contribution in [-0.4, -0.2) is 0 Å². The van der Waals surface area contributed by atoms with Gasteiger partial charge in [-0.2, -0.15) is 0 Å². The van der Waals surface area contributed by atoms with Crippen molar-refractivity contribution < 1.29 is 24.4 Å². The zero-order chi connectivity index (χ0) is 10.7. The van der Waals surface area contributed by atoms with Gasteiger partial charge in [0.05, 0.1) is 0 Å². The Bertz CT molecular complexity index is 407. The van der Waals surface area contributed by atoms with Crippen LogP contribution < -0.4 is 0 Å². The van der Waals surface area contributed by atoms with E-state index in [0.717, 1.165) is 0 Å². The number of hydrogen-bond donors (Lipinski definition) is 0. The number of rotatable bonds is 3. The van der Waals surface area contributed by atoms with Crippen LogP contribution in [0.1, 0.15) is 31.7 Å². The number of halogens is 2. The molecule has 0 radical (unpaired) electrons. The van der Waals surface area contributed by atoms with Crippen molar-refractivity contribution in [3.63, 3.8) is 0 Å². The summed E-state index contributed by atoms with van der Waals surface area (Å²) in [5.74, 6) is 0. The minimum Gasteiger partial charge on any atom is -0.147 e. The van der Waals surface area contributed by atoms with E-state index in [2.05, 4.69) is 43.3 Å². The Balaban J connectivity index is 0.00000128. The molecule has 0 unspecified atom stereocenters. The van der Waals surface area contributed by atoms with Crippen molar-refractivity contribution in [2.45, 2.75) is 26.2 Å². The summed E-state index contributed by atoms with van der Waals surface area (Å²) in [6.07, 6.45) is 6.14. The Hall–Kier alpha value is 0.150. The quantitative estimate of drug-likeness (QED) is 0.593. The van der Waals surface area contributed by atoms with Crippen molar-refractivity contribution in [1.82, 2.24) is 0 Å². The molecule has 0 aliphatic heterocycles. The molecule has 0 atom stereocenters. The molecule has 2 rings (SSSR count). The van der Waals surface area contributed by atoms with Crippen molar-refractivity contribution in [2.24, 2.45) is 0 Å². The van der Waals surface area contributed by atoms with Crippen LogP contribution in [0.15, 0.2) is 45.3 Å². The van der Waals surface area contributed by atoms with Gasteiger partial charge in [0.25, 0.3) is 0 Å². The fraction of sp³-hybridized carbons (Fsp3) is 0.286. The maximum absolute atomic E-state index is 2.42. The summed E-state index contributed by atoms with van der Waals surface area (Å²) in [5, 5.41) is 0. The number of hydrogen-bond acceptors (Lipinski definition) is 0. The van der Waals surface area contributed by atoms with Crippen LogP contribution in [0.4, 0.5) is 0 Å². The third-order valence-electron chi connectivity index (χ3n) is 2.77. The average molecular weight is 435 g/mol.